The molecule has 1 aliphatic heterocycles. The number of rotatable bonds is 7. The molecule has 3 N–H and O–H groups in total. The summed E-state index contributed by atoms with van der Waals surface area (Å²) in [5.41, 5.74) is 6.68. The van der Waals surface area contributed by atoms with Gasteiger partial charge in [0.15, 0.2) is 0 Å². The Morgan fingerprint density at radius 3 is 2.43 bits per heavy atom. The van der Waals surface area contributed by atoms with E-state index in [-0.39, 0.29) is 18.0 Å². The van der Waals surface area contributed by atoms with Gasteiger partial charge in [0.1, 0.15) is 0 Å². The molecule has 1 fully saturated rings. The highest BCUT2D eigenvalue weighted by molar-refractivity contribution is 5.95. The molecule has 2 aromatic carbocycles. The number of nitrogens with zero attached hydrogens (tertiary/aromatic N) is 2. The van der Waals surface area contributed by atoms with Crippen LogP contribution in [0.1, 0.15) is 60.8 Å². The van der Waals surface area contributed by atoms with Gasteiger partial charge < -0.3 is 5.32 Å². The van der Waals surface area contributed by atoms with Crippen molar-refractivity contribution in [1.82, 2.24) is 20.7 Å². The lowest BCUT2D eigenvalue weighted by Gasteiger charge is -2.20. The predicted molar refractivity (Wildman–Crippen MR) is 136 cm³/mol. The van der Waals surface area contributed by atoms with Gasteiger partial charge in [0.05, 0.1) is 17.5 Å². The Labute approximate surface area is 206 Å². The molecule has 7 heteroatoms. The van der Waals surface area contributed by atoms with Crippen LogP contribution in [-0.2, 0) is 11.2 Å². The van der Waals surface area contributed by atoms with Crippen molar-refractivity contribution >= 4 is 22.7 Å². The summed E-state index contributed by atoms with van der Waals surface area (Å²) in [6.07, 6.45) is 0.745. The Balaban J connectivity index is 1.49. The molecule has 3 aromatic rings. The van der Waals surface area contributed by atoms with Gasteiger partial charge in [-0.1, -0.05) is 44.2 Å². The maximum atomic E-state index is 13.0. The first-order valence-electron chi connectivity index (χ1n) is 12.2. The van der Waals surface area contributed by atoms with E-state index in [1.165, 1.54) is 5.56 Å². The number of carbonyl (C=O) groups is 2. The average Bonchev–Trinajstić information content (AvgIpc) is 3.28. The Hall–Kier alpha value is -3.29. The predicted octanol–water partition coefficient (Wildman–Crippen LogP) is 3.89. The minimum Gasteiger partial charge on any atom is -0.347 e. The number of nitrogens with one attached hydrogen (secondary N) is 2. The zero-order chi connectivity index (χ0) is 25.1. The van der Waals surface area contributed by atoms with Gasteiger partial charge in [-0.25, -0.2) is 5.48 Å². The smallest absolute Gasteiger partial charge is 0.251 e. The third-order valence-corrected chi connectivity index (χ3v) is 6.87. The van der Waals surface area contributed by atoms with Crippen molar-refractivity contribution in [2.75, 3.05) is 13.1 Å². The minimum absolute atomic E-state index is 0.223. The number of hydroxylamine groups is 1. The van der Waals surface area contributed by atoms with Gasteiger partial charge >= 0.3 is 0 Å². The molecule has 1 aliphatic rings. The van der Waals surface area contributed by atoms with Crippen LogP contribution in [0, 0.1) is 5.92 Å². The topological polar surface area (TPSA) is 94.6 Å². The molecule has 7 nitrogen and oxygen atoms in total. The lowest BCUT2D eigenvalue weighted by molar-refractivity contribution is -0.133. The second-order valence-electron chi connectivity index (χ2n) is 9.96. The number of pyridine rings is 1. The molecule has 35 heavy (non-hydrogen) atoms. The highest BCUT2D eigenvalue weighted by Crippen LogP contribution is 2.25. The molecule has 1 aromatic heterocycles. The molecule has 2 amide bonds. The second kappa shape index (κ2) is 10.5. The SMILES string of the molecule is CC(C)c1cc(Cc2ccc(C(=O)N[C@@H]3CN(C(C)C)C[C@@H]3C(=O)NO)cc2)c2ccccc2n1. The molecule has 184 valence electrons. The van der Waals surface area contributed by atoms with E-state index in [4.69, 9.17) is 10.2 Å². The Kier molecular flexibility index (Phi) is 7.48. The minimum atomic E-state index is -0.499. The van der Waals surface area contributed by atoms with Gasteiger partial charge in [-0.3, -0.25) is 24.7 Å². The number of amides is 2. The average molecular weight is 475 g/mol. The first kappa shape index (κ1) is 24.8. The quantitative estimate of drug-likeness (QED) is 0.357. The van der Waals surface area contributed by atoms with Gasteiger partial charge in [-0.2, -0.15) is 0 Å². The van der Waals surface area contributed by atoms with Gasteiger partial charge in [-0.15, -0.1) is 0 Å². The van der Waals surface area contributed by atoms with Crippen LogP contribution in [0.3, 0.4) is 0 Å². The molecule has 2 heterocycles. The highest BCUT2D eigenvalue weighted by Gasteiger charge is 2.39. The normalized spacial score (nSPS) is 18.4. The van der Waals surface area contributed by atoms with Crippen LogP contribution in [-0.4, -0.2) is 52.1 Å². The summed E-state index contributed by atoms with van der Waals surface area (Å²) >= 11 is 0. The number of hydrogen-bond donors (Lipinski definition) is 3. The van der Waals surface area contributed by atoms with Crippen LogP contribution in [0.15, 0.2) is 54.6 Å². The zero-order valence-corrected chi connectivity index (χ0v) is 20.8. The largest absolute Gasteiger partial charge is 0.347 e. The van der Waals surface area contributed by atoms with E-state index in [0.29, 0.717) is 24.6 Å². The van der Waals surface area contributed by atoms with Crippen molar-refractivity contribution in [3.63, 3.8) is 0 Å². The Bertz CT molecular complexity index is 1210. The summed E-state index contributed by atoms with van der Waals surface area (Å²) in [4.78, 5) is 32.0. The van der Waals surface area contributed by atoms with Crippen molar-refractivity contribution in [3.05, 3.63) is 77.0 Å². The van der Waals surface area contributed by atoms with Gasteiger partial charge in [-0.05, 0) is 61.6 Å². The van der Waals surface area contributed by atoms with E-state index in [1.54, 1.807) is 5.48 Å². The van der Waals surface area contributed by atoms with Crippen molar-refractivity contribution in [2.45, 2.75) is 52.1 Å². The number of hydrogen-bond acceptors (Lipinski definition) is 5. The first-order chi connectivity index (χ1) is 16.8. The van der Waals surface area contributed by atoms with Gasteiger partial charge in [0, 0.05) is 35.8 Å². The van der Waals surface area contributed by atoms with E-state index in [0.717, 1.165) is 28.6 Å². The number of fused-ring (bicyclic) bond motifs is 1. The molecule has 0 saturated carbocycles. The molecule has 0 unspecified atom stereocenters. The molecule has 1 saturated heterocycles. The number of aromatic nitrogens is 1. The van der Waals surface area contributed by atoms with Crippen LogP contribution < -0.4 is 10.8 Å². The van der Waals surface area contributed by atoms with E-state index >= 15 is 0 Å². The maximum Gasteiger partial charge on any atom is 0.251 e. The van der Waals surface area contributed by atoms with E-state index < -0.39 is 11.8 Å². The summed E-state index contributed by atoms with van der Waals surface area (Å²) in [6, 6.07) is 17.9. The maximum absolute atomic E-state index is 13.0. The standard InChI is InChI=1S/C28H34N4O3/c1-17(2)25-14-21(22-7-5-6-8-24(22)29-25)13-19-9-11-20(12-10-19)27(33)30-26-16-32(18(3)4)15-23(26)28(34)31-35/h5-12,14,17-18,23,26,35H,13,15-16H2,1-4H3,(H,30,33)(H,31,34)/t23-,26+/m0/s1. The molecular formula is C28H34N4O3. The molecule has 0 radical (unpaired) electrons. The first-order valence-corrected chi connectivity index (χ1v) is 12.2. The number of carbonyl (C=O) groups excluding carboxylic acids is 2. The lowest BCUT2D eigenvalue weighted by Crippen LogP contribution is -2.45. The van der Waals surface area contributed by atoms with Crippen LogP contribution in [0.2, 0.25) is 0 Å². The fourth-order valence-electron chi connectivity index (χ4n) is 4.71. The molecule has 0 spiro atoms. The monoisotopic (exact) mass is 474 g/mol. The zero-order valence-electron chi connectivity index (χ0n) is 20.8. The molecule has 4 rings (SSSR count). The molecular weight excluding hydrogens is 440 g/mol. The Morgan fingerprint density at radius 1 is 1.06 bits per heavy atom. The van der Waals surface area contributed by atoms with Gasteiger partial charge in [0.2, 0.25) is 5.91 Å². The van der Waals surface area contributed by atoms with E-state index in [2.05, 4.69) is 36.2 Å². The molecule has 2 atom stereocenters. The summed E-state index contributed by atoms with van der Waals surface area (Å²) in [5, 5.41) is 13.3. The van der Waals surface area contributed by atoms with Gasteiger partial charge in [0.25, 0.3) is 5.91 Å². The summed E-state index contributed by atoms with van der Waals surface area (Å²) in [5.74, 6) is -0.859. The lowest BCUT2D eigenvalue weighted by atomic mass is 9.97. The number of benzene rings is 2. The molecule has 0 bridgehead atoms. The third kappa shape index (κ3) is 5.52. The van der Waals surface area contributed by atoms with Crippen LogP contribution in [0.4, 0.5) is 0 Å². The van der Waals surface area contributed by atoms with Crippen LogP contribution >= 0.6 is 0 Å². The highest BCUT2D eigenvalue weighted by atomic mass is 16.5. The fourth-order valence-corrected chi connectivity index (χ4v) is 4.71. The van der Waals surface area contributed by atoms with Crippen LogP contribution in [0.5, 0.6) is 0 Å². The second-order valence-corrected chi connectivity index (χ2v) is 9.96. The summed E-state index contributed by atoms with van der Waals surface area (Å²) in [7, 11) is 0. The van der Waals surface area contributed by atoms with E-state index in [9.17, 15) is 9.59 Å². The Morgan fingerprint density at radius 2 is 1.77 bits per heavy atom. The number of para-hydroxylation sites is 1. The van der Waals surface area contributed by atoms with Crippen molar-refractivity contribution in [1.29, 1.82) is 0 Å². The summed E-state index contributed by atoms with van der Waals surface area (Å²) in [6.45, 7) is 9.44. The third-order valence-electron chi connectivity index (χ3n) is 6.87. The number of likely N-dealkylation sites (tertiary alicyclic amines) is 1. The van der Waals surface area contributed by atoms with Crippen molar-refractivity contribution in [2.24, 2.45) is 5.92 Å². The summed E-state index contributed by atoms with van der Waals surface area (Å²) < 4.78 is 0. The van der Waals surface area contributed by atoms with Crippen molar-refractivity contribution < 1.29 is 14.8 Å². The van der Waals surface area contributed by atoms with Crippen LogP contribution in [0.25, 0.3) is 10.9 Å². The van der Waals surface area contributed by atoms with Crippen molar-refractivity contribution in [3.8, 4) is 0 Å². The fraction of sp³-hybridized carbons (Fsp3) is 0.393. The molecule has 0 aliphatic carbocycles. The van der Waals surface area contributed by atoms with E-state index in [1.807, 2.05) is 56.3 Å².